The van der Waals surface area contributed by atoms with Crippen LogP contribution in [0.2, 0.25) is 0 Å². The molecular weight excluding hydrogens is 298 g/mol. The third-order valence-corrected chi connectivity index (χ3v) is 5.04. The van der Waals surface area contributed by atoms with E-state index < -0.39 is 0 Å². The SMILES string of the molecule is COc1ccccc1-c1ccc2c(c1CO)C(C)=CC(C)(C)N2C. The number of rotatable bonds is 3. The van der Waals surface area contributed by atoms with Crippen molar-refractivity contribution >= 4 is 11.3 Å². The molecule has 1 N–H and O–H groups in total. The van der Waals surface area contributed by atoms with E-state index in [1.807, 2.05) is 24.3 Å². The van der Waals surface area contributed by atoms with Crippen molar-refractivity contribution in [3.05, 3.63) is 53.6 Å². The normalized spacial score (nSPS) is 15.8. The second-order valence-corrected chi connectivity index (χ2v) is 6.88. The van der Waals surface area contributed by atoms with Gasteiger partial charge in [-0.15, -0.1) is 0 Å². The zero-order chi connectivity index (χ0) is 17.5. The first-order valence-electron chi connectivity index (χ1n) is 8.24. The van der Waals surface area contributed by atoms with E-state index in [1.54, 1.807) is 7.11 Å². The number of allylic oxidation sites excluding steroid dienone is 1. The number of aliphatic hydroxyl groups excluding tert-OH is 1. The molecule has 0 unspecified atom stereocenters. The number of hydrogen-bond acceptors (Lipinski definition) is 3. The number of likely N-dealkylation sites (N-methyl/N-ethyl adjacent to an activating group) is 1. The smallest absolute Gasteiger partial charge is 0.126 e. The average Bonchev–Trinajstić information content (AvgIpc) is 2.58. The third-order valence-electron chi connectivity index (χ3n) is 5.04. The highest BCUT2D eigenvalue weighted by molar-refractivity contribution is 5.88. The van der Waals surface area contributed by atoms with E-state index in [4.69, 9.17) is 4.74 Å². The van der Waals surface area contributed by atoms with Gasteiger partial charge < -0.3 is 14.7 Å². The van der Waals surface area contributed by atoms with Crippen LogP contribution in [0.3, 0.4) is 0 Å². The Hall–Kier alpha value is -2.26. The lowest BCUT2D eigenvalue weighted by molar-refractivity contribution is 0.282. The molecule has 3 heteroatoms. The summed E-state index contributed by atoms with van der Waals surface area (Å²) in [6.07, 6.45) is 2.26. The molecule has 2 aromatic carbocycles. The topological polar surface area (TPSA) is 32.7 Å². The Balaban J connectivity index is 2.28. The van der Waals surface area contributed by atoms with Crippen molar-refractivity contribution in [3.63, 3.8) is 0 Å². The Kier molecular flexibility index (Phi) is 4.14. The molecule has 0 amide bonds. The molecule has 3 nitrogen and oxygen atoms in total. The molecule has 3 rings (SSSR count). The van der Waals surface area contributed by atoms with Crippen LogP contribution in [0.5, 0.6) is 5.75 Å². The number of ether oxygens (including phenoxy) is 1. The first-order chi connectivity index (χ1) is 11.4. The highest BCUT2D eigenvalue weighted by Crippen LogP contribution is 2.44. The molecule has 0 atom stereocenters. The monoisotopic (exact) mass is 323 g/mol. The number of nitrogens with zero attached hydrogens (tertiary/aromatic N) is 1. The fourth-order valence-electron chi connectivity index (χ4n) is 3.65. The summed E-state index contributed by atoms with van der Waals surface area (Å²) in [7, 11) is 3.78. The molecule has 24 heavy (non-hydrogen) atoms. The molecule has 0 saturated carbocycles. The summed E-state index contributed by atoms with van der Waals surface area (Å²) in [6.45, 7) is 6.52. The van der Waals surface area contributed by atoms with Gasteiger partial charge in [0.15, 0.2) is 0 Å². The molecule has 0 aromatic heterocycles. The molecule has 0 saturated heterocycles. The Bertz CT molecular complexity index is 805. The van der Waals surface area contributed by atoms with E-state index in [0.29, 0.717) is 0 Å². The zero-order valence-corrected chi connectivity index (χ0v) is 15.1. The number of aliphatic hydroxyl groups is 1. The average molecular weight is 323 g/mol. The van der Waals surface area contributed by atoms with Gasteiger partial charge in [-0.3, -0.25) is 0 Å². The molecule has 0 bridgehead atoms. The number of fused-ring (bicyclic) bond motifs is 1. The second kappa shape index (κ2) is 5.99. The van der Waals surface area contributed by atoms with Gasteiger partial charge in [0.05, 0.1) is 19.3 Å². The summed E-state index contributed by atoms with van der Waals surface area (Å²) in [6, 6.07) is 12.2. The molecule has 126 valence electrons. The van der Waals surface area contributed by atoms with Crippen LogP contribution in [-0.4, -0.2) is 24.8 Å². The minimum atomic E-state index is -0.0459. The van der Waals surface area contributed by atoms with Gasteiger partial charge in [0.1, 0.15) is 5.75 Å². The van der Waals surface area contributed by atoms with Crippen LogP contribution < -0.4 is 9.64 Å². The number of hydrogen-bond donors (Lipinski definition) is 1. The standard InChI is InChI=1S/C21H25NO2/c1-14-12-21(2,3)22(4)18-11-10-15(17(13-23)20(14)18)16-8-6-7-9-19(16)24-5/h6-12,23H,13H2,1-5H3. The van der Waals surface area contributed by atoms with E-state index in [0.717, 1.165) is 33.7 Å². The van der Waals surface area contributed by atoms with Crippen molar-refractivity contribution in [1.82, 2.24) is 0 Å². The minimum absolute atomic E-state index is 0.00396. The van der Waals surface area contributed by atoms with Gasteiger partial charge in [-0.2, -0.15) is 0 Å². The number of methoxy groups -OCH3 is 1. The predicted octanol–water partition coefficient (Wildman–Crippen LogP) is 4.49. The van der Waals surface area contributed by atoms with E-state index in [9.17, 15) is 5.11 Å². The quantitative estimate of drug-likeness (QED) is 0.903. The summed E-state index contributed by atoms with van der Waals surface area (Å²) >= 11 is 0. The van der Waals surface area contributed by atoms with Crippen LogP contribution in [0.15, 0.2) is 42.5 Å². The van der Waals surface area contributed by atoms with Gasteiger partial charge >= 0.3 is 0 Å². The van der Waals surface area contributed by atoms with Crippen molar-refractivity contribution in [3.8, 4) is 16.9 Å². The number of anilines is 1. The van der Waals surface area contributed by atoms with Gasteiger partial charge in [-0.05, 0) is 49.6 Å². The lowest BCUT2D eigenvalue weighted by Gasteiger charge is -2.41. The van der Waals surface area contributed by atoms with Gasteiger partial charge in [-0.25, -0.2) is 0 Å². The molecule has 1 heterocycles. The van der Waals surface area contributed by atoms with Crippen LogP contribution in [0.25, 0.3) is 16.7 Å². The molecule has 2 aromatic rings. The molecule has 0 fully saturated rings. The van der Waals surface area contributed by atoms with Crippen LogP contribution in [0, 0.1) is 0 Å². The summed E-state index contributed by atoms with van der Waals surface area (Å²) in [5.41, 5.74) is 6.42. The molecule has 1 aliphatic rings. The largest absolute Gasteiger partial charge is 0.496 e. The van der Waals surface area contributed by atoms with E-state index in [-0.39, 0.29) is 12.1 Å². The third kappa shape index (κ3) is 2.49. The zero-order valence-electron chi connectivity index (χ0n) is 15.1. The van der Waals surface area contributed by atoms with Crippen molar-refractivity contribution in [2.45, 2.75) is 32.9 Å². The molecule has 1 aliphatic heterocycles. The maximum atomic E-state index is 10.1. The van der Waals surface area contributed by atoms with Crippen molar-refractivity contribution in [1.29, 1.82) is 0 Å². The molecule has 0 radical (unpaired) electrons. The Morgan fingerprint density at radius 3 is 2.46 bits per heavy atom. The predicted molar refractivity (Wildman–Crippen MR) is 100 cm³/mol. The molecular formula is C21H25NO2. The summed E-state index contributed by atoms with van der Waals surface area (Å²) in [5.74, 6) is 0.818. The highest BCUT2D eigenvalue weighted by Gasteiger charge is 2.30. The molecule has 0 spiro atoms. The summed E-state index contributed by atoms with van der Waals surface area (Å²) in [5, 5.41) is 10.1. The van der Waals surface area contributed by atoms with Crippen LogP contribution in [-0.2, 0) is 6.61 Å². The lowest BCUT2D eigenvalue weighted by Crippen LogP contribution is -2.42. The van der Waals surface area contributed by atoms with Crippen LogP contribution in [0.4, 0.5) is 5.69 Å². The minimum Gasteiger partial charge on any atom is -0.496 e. The maximum absolute atomic E-state index is 10.1. The molecule has 0 aliphatic carbocycles. The second-order valence-electron chi connectivity index (χ2n) is 6.88. The summed E-state index contributed by atoms with van der Waals surface area (Å²) < 4.78 is 5.52. The fraction of sp³-hybridized carbons (Fsp3) is 0.333. The van der Waals surface area contributed by atoms with Gasteiger partial charge in [0.2, 0.25) is 0 Å². The van der Waals surface area contributed by atoms with Crippen molar-refractivity contribution in [2.75, 3.05) is 19.1 Å². The van der Waals surface area contributed by atoms with E-state index in [1.165, 1.54) is 5.57 Å². The van der Waals surface area contributed by atoms with Crippen molar-refractivity contribution in [2.24, 2.45) is 0 Å². The lowest BCUT2D eigenvalue weighted by atomic mass is 9.84. The Morgan fingerprint density at radius 2 is 1.79 bits per heavy atom. The van der Waals surface area contributed by atoms with Crippen LogP contribution >= 0.6 is 0 Å². The highest BCUT2D eigenvalue weighted by atomic mass is 16.5. The van der Waals surface area contributed by atoms with Crippen molar-refractivity contribution < 1.29 is 9.84 Å². The maximum Gasteiger partial charge on any atom is 0.126 e. The first kappa shape index (κ1) is 16.6. The summed E-state index contributed by atoms with van der Waals surface area (Å²) in [4.78, 5) is 2.26. The van der Waals surface area contributed by atoms with E-state index in [2.05, 4.69) is 50.9 Å². The Labute approximate surface area is 144 Å². The van der Waals surface area contributed by atoms with Gasteiger partial charge in [0, 0.05) is 23.9 Å². The van der Waals surface area contributed by atoms with Crippen LogP contribution in [0.1, 0.15) is 31.9 Å². The first-order valence-corrected chi connectivity index (χ1v) is 8.24. The fourth-order valence-corrected chi connectivity index (χ4v) is 3.65. The van der Waals surface area contributed by atoms with E-state index >= 15 is 0 Å². The van der Waals surface area contributed by atoms with Gasteiger partial charge in [-0.1, -0.05) is 30.3 Å². The van der Waals surface area contributed by atoms with Gasteiger partial charge in [0.25, 0.3) is 0 Å². The Morgan fingerprint density at radius 1 is 1.08 bits per heavy atom. The number of benzene rings is 2. The number of para-hydroxylation sites is 1.